The SMILES string of the molecule is C[C@@H](/C=C/S(C)(=O)=O)NC(=O)N1CC[C@@H](C(F)(F)F)C[C@H]1c1ccc(F)cc1. The number of carbonyl (C=O) groups excluding carboxylic acids is 1. The first-order valence-corrected chi connectivity index (χ1v) is 10.6. The summed E-state index contributed by atoms with van der Waals surface area (Å²) in [5.74, 6) is -2.09. The zero-order valence-electron chi connectivity index (χ0n) is 15.4. The molecule has 0 saturated carbocycles. The number of nitrogens with one attached hydrogen (secondary N) is 1. The Kier molecular flexibility index (Phi) is 6.74. The molecule has 0 radical (unpaired) electrons. The third kappa shape index (κ3) is 6.22. The highest BCUT2D eigenvalue weighted by Crippen LogP contribution is 2.42. The summed E-state index contributed by atoms with van der Waals surface area (Å²) < 4.78 is 75.1. The van der Waals surface area contributed by atoms with Gasteiger partial charge in [-0.2, -0.15) is 13.2 Å². The molecule has 0 aliphatic carbocycles. The first-order valence-electron chi connectivity index (χ1n) is 8.64. The van der Waals surface area contributed by atoms with E-state index < -0.39 is 45.9 Å². The molecular weight excluding hydrogens is 400 g/mol. The number of rotatable bonds is 4. The molecule has 5 nitrogen and oxygen atoms in total. The number of nitrogens with zero attached hydrogens (tertiary/aromatic N) is 1. The van der Waals surface area contributed by atoms with Crippen LogP contribution in [-0.2, 0) is 9.84 Å². The van der Waals surface area contributed by atoms with E-state index in [0.717, 1.165) is 23.8 Å². The summed E-state index contributed by atoms with van der Waals surface area (Å²) in [6.45, 7) is 1.43. The molecule has 1 aliphatic rings. The van der Waals surface area contributed by atoms with Crippen molar-refractivity contribution in [1.29, 1.82) is 0 Å². The van der Waals surface area contributed by atoms with Crippen molar-refractivity contribution < 1.29 is 30.8 Å². The van der Waals surface area contributed by atoms with E-state index >= 15 is 0 Å². The maximum absolute atomic E-state index is 13.2. The van der Waals surface area contributed by atoms with E-state index in [1.165, 1.54) is 23.1 Å². The Bertz CT molecular complexity index is 822. The van der Waals surface area contributed by atoms with Crippen LogP contribution >= 0.6 is 0 Å². The molecule has 156 valence electrons. The molecule has 0 bridgehead atoms. The van der Waals surface area contributed by atoms with Crippen LogP contribution in [0.2, 0.25) is 0 Å². The lowest BCUT2D eigenvalue weighted by Crippen LogP contribution is -2.49. The number of halogens is 4. The van der Waals surface area contributed by atoms with Crippen LogP contribution in [0.4, 0.5) is 22.4 Å². The fraction of sp³-hybridized carbons (Fsp3) is 0.500. The number of sulfone groups is 1. The van der Waals surface area contributed by atoms with Gasteiger partial charge in [-0.15, -0.1) is 0 Å². The van der Waals surface area contributed by atoms with Crippen molar-refractivity contribution in [2.45, 2.75) is 38.0 Å². The maximum Gasteiger partial charge on any atom is 0.391 e. The molecule has 28 heavy (non-hydrogen) atoms. The van der Waals surface area contributed by atoms with Crippen molar-refractivity contribution in [1.82, 2.24) is 10.2 Å². The Morgan fingerprint density at radius 1 is 1.29 bits per heavy atom. The number of benzene rings is 1. The van der Waals surface area contributed by atoms with Gasteiger partial charge in [-0.25, -0.2) is 17.6 Å². The van der Waals surface area contributed by atoms with Crippen LogP contribution in [-0.4, -0.2) is 44.4 Å². The van der Waals surface area contributed by atoms with Gasteiger partial charge < -0.3 is 10.2 Å². The second-order valence-corrected chi connectivity index (χ2v) is 8.85. The molecule has 0 unspecified atom stereocenters. The van der Waals surface area contributed by atoms with Crippen molar-refractivity contribution in [3.8, 4) is 0 Å². The average molecular weight is 422 g/mol. The summed E-state index contributed by atoms with van der Waals surface area (Å²) in [7, 11) is -3.37. The van der Waals surface area contributed by atoms with Crippen molar-refractivity contribution in [3.05, 3.63) is 47.1 Å². The summed E-state index contributed by atoms with van der Waals surface area (Å²) in [6.07, 6.45) is -2.65. The van der Waals surface area contributed by atoms with Crippen LogP contribution in [0.15, 0.2) is 35.7 Å². The molecule has 1 N–H and O–H groups in total. The highest BCUT2D eigenvalue weighted by molar-refractivity contribution is 7.93. The van der Waals surface area contributed by atoms with Gasteiger partial charge in [-0.1, -0.05) is 18.2 Å². The van der Waals surface area contributed by atoms with Crippen molar-refractivity contribution in [2.24, 2.45) is 5.92 Å². The number of alkyl halides is 3. The normalized spacial score (nSPS) is 22.3. The Morgan fingerprint density at radius 2 is 1.89 bits per heavy atom. The molecule has 3 atom stereocenters. The molecule has 2 amide bonds. The van der Waals surface area contributed by atoms with Gasteiger partial charge in [0.15, 0.2) is 9.84 Å². The van der Waals surface area contributed by atoms with Gasteiger partial charge in [0.25, 0.3) is 0 Å². The van der Waals surface area contributed by atoms with E-state index in [0.29, 0.717) is 5.56 Å². The predicted octanol–water partition coefficient (Wildman–Crippen LogP) is 3.80. The minimum absolute atomic E-state index is 0.124. The minimum Gasteiger partial charge on any atom is -0.332 e. The Labute approximate surface area is 161 Å². The smallest absolute Gasteiger partial charge is 0.332 e. The number of hydrogen-bond acceptors (Lipinski definition) is 3. The van der Waals surface area contributed by atoms with E-state index in [-0.39, 0.29) is 19.4 Å². The summed E-state index contributed by atoms with van der Waals surface area (Å²) in [4.78, 5) is 13.9. The van der Waals surface area contributed by atoms with Gasteiger partial charge in [0.2, 0.25) is 0 Å². The molecule has 1 aromatic rings. The standard InChI is InChI=1S/C18H22F4N2O3S/c1-12(8-10-28(2,26)27)23-17(25)24-9-7-14(18(20,21)22)11-16(24)13-3-5-15(19)6-4-13/h3-6,8,10,12,14,16H,7,9,11H2,1-2H3,(H,23,25)/b10-8+/t12-,14+,16-/m0/s1. The summed E-state index contributed by atoms with van der Waals surface area (Å²) in [6, 6.07) is 2.89. The van der Waals surface area contributed by atoms with Crippen LogP contribution < -0.4 is 5.32 Å². The van der Waals surface area contributed by atoms with E-state index in [1.54, 1.807) is 6.92 Å². The van der Waals surface area contributed by atoms with Gasteiger partial charge in [0, 0.05) is 24.3 Å². The number of carbonyl (C=O) groups is 1. The highest BCUT2D eigenvalue weighted by atomic mass is 32.2. The first kappa shape index (κ1) is 22.2. The molecule has 0 spiro atoms. The van der Waals surface area contributed by atoms with Crippen LogP contribution in [0, 0.1) is 11.7 Å². The van der Waals surface area contributed by atoms with Gasteiger partial charge in [-0.05, 0) is 37.5 Å². The van der Waals surface area contributed by atoms with Crippen LogP contribution in [0.25, 0.3) is 0 Å². The number of likely N-dealkylation sites (tertiary alicyclic amines) is 1. The third-order valence-electron chi connectivity index (χ3n) is 4.55. The molecule has 1 fully saturated rings. The van der Waals surface area contributed by atoms with E-state index in [1.807, 2.05) is 0 Å². The molecule has 2 rings (SSSR count). The van der Waals surface area contributed by atoms with Gasteiger partial charge in [0.1, 0.15) is 5.82 Å². The maximum atomic E-state index is 13.2. The summed E-state index contributed by atoms with van der Waals surface area (Å²) in [5, 5.41) is 3.52. The molecule has 1 aliphatic heterocycles. The zero-order chi connectivity index (χ0) is 21.1. The Morgan fingerprint density at radius 3 is 2.43 bits per heavy atom. The van der Waals surface area contributed by atoms with E-state index in [9.17, 15) is 30.8 Å². The minimum atomic E-state index is -4.38. The van der Waals surface area contributed by atoms with Crippen LogP contribution in [0.5, 0.6) is 0 Å². The second-order valence-electron chi connectivity index (χ2n) is 6.92. The van der Waals surface area contributed by atoms with Crippen molar-refractivity contribution in [2.75, 3.05) is 12.8 Å². The molecule has 10 heteroatoms. The summed E-state index contributed by atoms with van der Waals surface area (Å²) in [5.41, 5.74) is 0.407. The number of hydrogen-bond donors (Lipinski definition) is 1. The fourth-order valence-corrected chi connectivity index (χ4v) is 3.61. The lowest BCUT2D eigenvalue weighted by molar-refractivity contribution is -0.188. The Hall–Kier alpha value is -2.10. The fourth-order valence-electron chi connectivity index (χ4n) is 3.09. The Balaban J connectivity index is 2.21. The molecule has 1 aromatic carbocycles. The second kappa shape index (κ2) is 8.50. The van der Waals surface area contributed by atoms with Crippen LogP contribution in [0.3, 0.4) is 0 Å². The number of piperidine rings is 1. The van der Waals surface area contributed by atoms with Crippen LogP contribution in [0.1, 0.15) is 31.4 Å². The van der Waals surface area contributed by atoms with E-state index in [2.05, 4.69) is 5.32 Å². The van der Waals surface area contributed by atoms with Gasteiger partial charge in [-0.3, -0.25) is 0 Å². The molecular formula is C18H22F4N2O3S. The average Bonchev–Trinajstić information content (AvgIpc) is 2.59. The first-order chi connectivity index (χ1) is 12.9. The topological polar surface area (TPSA) is 66.5 Å². The molecule has 0 aromatic heterocycles. The lowest BCUT2D eigenvalue weighted by atomic mass is 9.87. The number of urea groups is 1. The predicted molar refractivity (Wildman–Crippen MR) is 96.6 cm³/mol. The largest absolute Gasteiger partial charge is 0.391 e. The molecule has 1 saturated heterocycles. The van der Waals surface area contributed by atoms with Crippen molar-refractivity contribution in [3.63, 3.8) is 0 Å². The molecule has 1 heterocycles. The monoisotopic (exact) mass is 422 g/mol. The third-order valence-corrected chi connectivity index (χ3v) is 5.20. The summed E-state index contributed by atoms with van der Waals surface area (Å²) >= 11 is 0. The zero-order valence-corrected chi connectivity index (χ0v) is 16.2. The quantitative estimate of drug-likeness (QED) is 0.751. The number of amides is 2. The van der Waals surface area contributed by atoms with Gasteiger partial charge >= 0.3 is 12.2 Å². The van der Waals surface area contributed by atoms with Gasteiger partial charge in [0.05, 0.1) is 12.0 Å². The highest BCUT2D eigenvalue weighted by Gasteiger charge is 2.45. The lowest BCUT2D eigenvalue weighted by Gasteiger charge is -2.40. The van der Waals surface area contributed by atoms with Crippen molar-refractivity contribution >= 4 is 15.9 Å². The van der Waals surface area contributed by atoms with E-state index in [4.69, 9.17) is 0 Å².